The molecule has 0 saturated carbocycles. The molecule has 2 aromatic rings. The Balaban J connectivity index is 2.07. The lowest BCUT2D eigenvalue weighted by Gasteiger charge is -2.09. The number of hydrogen-bond donors (Lipinski definition) is 3. The Kier molecular flexibility index (Phi) is 6.91. The van der Waals surface area contributed by atoms with Crippen molar-refractivity contribution in [3.63, 3.8) is 0 Å². The van der Waals surface area contributed by atoms with Gasteiger partial charge in [0.15, 0.2) is 0 Å². The van der Waals surface area contributed by atoms with Crippen LogP contribution >= 0.6 is 0 Å². The molecule has 6 nitrogen and oxygen atoms in total. The van der Waals surface area contributed by atoms with Gasteiger partial charge in [-0.15, -0.1) is 0 Å². The molecule has 0 aliphatic rings. The molecule has 0 aliphatic carbocycles. The van der Waals surface area contributed by atoms with Crippen molar-refractivity contribution in [1.82, 2.24) is 5.32 Å². The molecule has 26 heavy (non-hydrogen) atoms. The van der Waals surface area contributed by atoms with Gasteiger partial charge in [-0.3, -0.25) is 14.4 Å². The second-order valence-corrected chi connectivity index (χ2v) is 5.91. The lowest BCUT2D eigenvalue weighted by Crippen LogP contribution is -2.24. The quantitative estimate of drug-likeness (QED) is 0.667. The molecular weight excluding hydrogens is 330 g/mol. The molecule has 2 aromatic carbocycles. The van der Waals surface area contributed by atoms with Gasteiger partial charge in [0.2, 0.25) is 5.91 Å². The summed E-state index contributed by atoms with van der Waals surface area (Å²) in [6, 6.07) is 13.4. The van der Waals surface area contributed by atoms with E-state index in [2.05, 4.69) is 22.9 Å². The zero-order valence-corrected chi connectivity index (χ0v) is 15.0. The molecule has 0 heterocycles. The summed E-state index contributed by atoms with van der Waals surface area (Å²) in [6.07, 6.45) is 1.91. The topological polar surface area (TPSA) is 87.3 Å². The van der Waals surface area contributed by atoms with Crippen LogP contribution in [0.15, 0.2) is 48.5 Å². The number of unbranched alkanes of at least 4 members (excludes halogenated alkanes) is 1. The average Bonchev–Trinajstić information content (AvgIpc) is 2.61. The van der Waals surface area contributed by atoms with Crippen LogP contribution in [0.5, 0.6) is 0 Å². The monoisotopic (exact) mass is 353 g/mol. The van der Waals surface area contributed by atoms with Crippen molar-refractivity contribution < 1.29 is 14.4 Å². The van der Waals surface area contributed by atoms with Crippen molar-refractivity contribution in [3.8, 4) is 0 Å². The van der Waals surface area contributed by atoms with E-state index in [-0.39, 0.29) is 17.7 Å². The van der Waals surface area contributed by atoms with Gasteiger partial charge >= 0.3 is 0 Å². The molecule has 0 fully saturated rings. The van der Waals surface area contributed by atoms with Crippen LogP contribution in [0.4, 0.5) is 11.4 Å². The normalized spacial score (nSPS) is 10.1. The Bertz CT molecular complexity index is 802. The van der Waals surface area contributed by atoms with Crippen LogP contribution in [0.1, 0.15) is 47.4 Å². The number of rotatable bonds is 7. The van der Waals surface area contributed by atoms with Gasteiger partial charge in [-0.25, -0.2) is 0 Å². The summed E-state index contributed by atoms with van der Waals surface area (Å²) in [5, 5.41) is 8.26. The van der Waals surface area contributed by atoms with Crippen LogP contribution in [-0.2, 0) is 4.79 Å². The zero-order chi connectivity index (χ0) is 18.9. The van der Waals surface area contributed by atoms with Crippen LogP contribution in [0.2, 0.25) is 0 Å². The maximum absolute atomic E-state index is 12.5. The number of anilines is 2. The van der Waals surface area contributed by atoms with E-state index in [0.717, 1.165) is 12.8 Å². The largest absolute Gasteiger partial charge is 0.352 e. The maximum Gasteiger partial charge on any atom is 0.255 e. The van der Waals surface area contributed by atoms with E-state index in [4.69, 9.17) is 0 Å². The van der Waals surface area contributed by atoms with Gasteiger partial charge < -0.3 is 16.0 Å². The highest BCUT2D eigenvalue weighted by molar-refractivity contribution is 6.06. The Labute approximate surface area is 153 Å². The van der Waals surface area contributed by atoms with E-state index in [1.54, 1.807) is 48.5 Å². The Morgan fingerprint density at radius 3 is 2.12 bits per heavy atom. The zero-order valence-electron chi connectivity index (χ0n) is 15.0. The number of nitrogens with one attached hydrogen (secondary N) is 3. The first-order valence-electron chi connectivity index (χ1n) is 8.57. The van der Waals surface area contributed by atoms with Crippen molar-refractivity contribution in [2.24, 2.45) is 0 Å². The summed E-state index contributed by atoms with van der Waals surface area (Å²) in [6.45, 7) is 4.09. The molecule has 6 heteroatoms. The standard InChI is InChI=1S/C20H23N3O3/c1-3-4-11-21-19(25)15-7-5-8-16(12-15)20(26)23-18-10-6-9-17(13-18)22-14(2)24/h5-10,12-13H,3-4,11H2,1-2H3,(H,21,25)(H,22,24)(H,23,26). The first kappa shape index (κ1) is 19.2. The molecule has 0 saturated heterocycles. The summed E-state index contributed by atoms with van der Waals surface area (Å²) in [5.41, 5.74) is 1.98. The second-order valence-electron chi connectivity index (χ2n) is 5.91. The predicted molar refractivity (Wildman–Crippen MR) is 102 cm³/mol. The van der Waals surface area contributed by atoms with Crippen molar-refractivity contribution >= 4 is 29.1 Å². The highest BCUT2D eigenvalue weighted by Crippen LogP contribution is 2.16. The number of benzene rings is 2. The molecule has 3 amide bonds. The van der Waals surface area contributed by atoms with Gasteiger partial charge in [0.25, 0.3) is 11.8 Å². The highest BCUT2D eigenvalue weighted by Gasteiger charge is 2.11. The van der Waals surface area contributed by atoms with Crippen LogP contribution < -0.4 is 16.0 Å². The van der Waals surface area contributed by atoms with E-state index < -0.39 is 0 Å². The van der Waals surface area contributed by atoms with Gasteiger partial charge in [0.05, 0.1) is 0 Å². The van der Waals surface area contributed by atoms with Gasteiger partial charge in [-0.05, 0) is 42.8 Å². The number of carbonyl (C=O) groups is 3. The average molecular weight is 353 g/mol. The fourth-order valence-electron chi connectivity index (χ4n) is 2.36. The summed E-state index contributed by atoms with van der Waals surface area (Å²) < 4.78 is 0. The summed E-state index contributed by atoms with van der Waals surface area (Å²) in [4.78, 5) is 35.7. The van der Waals surface area contributed by atoms with Crippen LogP contribution in [0.3, 0.4) is 0 Å². The van der Waals surface area contributed by atoms with Crippen LogP contribution in [-0.4, -0.2) is 24.3 Å². The van der Waals surface area contributed by atoms with Crippen molar-refractivity contribution in [1.29, 1.82) is 0 Å². The number of carbonyl (C=O) groups excluding carboxylic acids is 3. The van der Waals surface area contributed by atoms with E-state index in [1.807, 2.05) is 0 Å². The van der Waals surface area contributed by atoms with Crippen molar-refractivity contribution in [2.75, 3.05) is 17.2 Å². The van der Waals surface area contributed by atoms with E-state index in [9.17, 15) is 14.4 Å². The third kappa shape index (κ3) is 5.73. The smallest absolute Gasteiger partial charge is 0.255 e. The fourth-order valence-corrected chi connectivity index (χ4v) is 2.36. The summed E-state index contributed by atoms with van der Waals surface area (Å²) in [7, 11) is 0. The lowest BCUT2D eigenvalue weighted by atomic mass is 10.1. The summed E-state index contributed by atoms with van der Waals surface area (Å²) >= 11 is 0. The molecule has 0 aliphatic heterocycles. The molecule has 136 valence electrons. The van der Waals surface area contributed by atoms with Gasteiger partial charge in [0, 0.05) is 36.0 Å². The highest BCUT2D eigenvalue weighted by atomic mass is 16.2. The summed E-state index contributed by atoms with van der Waals surface area (Å²) in [5.74, 6) is -0.704. The third-order valence-corrected chi connectivity index (χ3v) is 3.64. The maximum atomic E-state index is 12.5. The van der Waals surface area contributed by atoms with Gasteiger partial charge in [-0.1, -0.05) is 25.5 Å². The molecular formula is C20H23N3O3. The minimum atomic E-state index is -0.326. The van der Waals surface area contributed by atoms with Crippen molar-refractivity contribution in [3.05, 3.63) is 59.7 Å². The predicted octanol–water partition coefficient (Wildman–Crippen LogP) is 3.43. The molecule has 0 unspecified atom stereocenters. The molecule has 3 N–H and O–H groups in total. The Morgan fingerprint density at radius 2 is 1.46 bits per heavy atom. The lowest BCUT2D eigenvalue weighted by molar-refractivity contribution is -0.114. The Hall–Kier alpha value is -3.15. The van der Waals surface area contributed by atoms with Crippen LogP contribution in [0, 0.1) is 0 Å². The Morgan fingerprint density at radius 1 is 0.846 bits per heavy atom. The van der Waals surface area contributed by atoms with E-state index in [1.165, 1.54) is 6.92 Å². The molecule has 0 aromatic heterocycles. The SMILES string of the molecule is CCCCNC(=O)c1cccc(C(=O)Nc2cccc(NC(C)=O)c2)c1. The fraction of sp³-hybridized carbons (Fsp3) is 0.250. The van der Waals surface area contributed by atoms with Crippen LogP contribution in [0.25, 0.3) is 0 Å². The number of amides is 3. The first-order chi connectivity index (χ1) is 12.5. The third-order valence-electron chi connectivity index (χ3n) is 3.64. The second kappa shape index (κ2) is 9.36. The first-order valence-corrected chi connectivity index (χ1v) is 8.57. The molecule has 0 radical (unpaired) electrons. The molecule has 2 rings (SSSR count). The van der Waals surface area contributed by atoms with Gasteiger partial charge in [-0.2, -0.15) is 0 Å². The minimum Gasteiger partial charge on any atom is -0.352 e. The van der Waals surface area contributed by atoms with Crippen molar-refractivity contribution in [2.45, 2.75) is 26.7 Å². The molecule has 0 atom stereocenters. The minimum absolute atomic E-state index is 0.185. The molecule has 0 spiro atoms. The van der Waals surface area contributed by atoms with E-state index in [0.29, 0.717) is 29.0 Å². The number of hydrogen-bond acceptors (Lipinski definition) is 3. The molecule has 0 bridgehead atoms. The van der Waals surface area contributed by atoms with E-state index >= 15 is 0 Å². The van der Waals surface area contributed by atoms with Gasteiger partial charge in [0.1, 0.15) is 0 Å².